The zero-order valence-corrected chi connectivity index (χ0v) is 21.7. The molecule has 0 aliphatic heterocycles. The number of halogens is 2. The van der Waals surface area contributed by atoms with Crippen LogP contribution in [0, 0.1) is 0 Å². The van der Waals surface area contributed by atoms with Gasteiger partial charge in [0.05, 0.1) is 0 Å². The number of hydrogen-bond acceptors (Lipinski definition) is 2. The molecule has 1 N–H and O–H groups in total. The lowest BCUT2D eigenvalue weighted by molar-refractivity contribution is -0.141. The molecule has 3 rings (SSSR count). The molecule has 0 fully saturated rings. The summed E-state index contributed by atoms with van der Waals surface area (Å²) in [4.78, 5) is 28.6. The second-order valence-electron chi connectivity index (χ2n) is 8.24. The summed E-state index contributed by atoms with van der Waals surface area (Å²) in [7, 11) is 0. The molecular weight excluding hydrogens is 512 g/mol. The summed E-state index contributed by atoms with van der Waals surface area (Å²) < 4.78 is 0.934. The predicted octanol–water partition coefficient (Wildman–Crippen LogP) is 6.20. The molecule has 3 aromatic rings. The highest BCUT2D eigenvalue weighted by Gasteiger charge is 2.30. The minimum absolute atomic E-state index is 0.0764. The van der Waals surface area contributed by atoms with E-state index in [1.54, 1.807) is 4.90 Å². The molecule has 2 amide bonds. The first-order valence-electron chi connectivity index (χ1n) is 11.6. The van der Waals surface area contributed by atoms with E-state index in [0.717, 1.165) is 27.6 Å². The molecule has 0 bridgehead atoms. The minimum atomic E-state index is -0.619. The smallest absolute Gasteiger partial charge is 0.243 e. The number of carbonyl (C=O) groups excluding carboxylic acids is 2. The van der Waals surface area contributed by atoms with Gasteiger partial charge in [0.2, 0.25) is 11.8 Å². The second-order valence-corrected chi connectivity index (χ2v) is 9.56. The summed E-state index contributed by atoms with van der Waals surface area (Å²) in [6.45, 7) is 2.93. The Balaban J connectivity index is 1.90. The molecule has 6 heteroatoms. The van der Waals surface area contributed by atoms with Crippen molar-refractivity contribution >= 4 is 39.3 Å². The average molecular weight is 542 g/mol. The molecule has 0 saturated carbocycles. The lowest BCUT2D eigenvalue weighted by Gasteiger charge is -2.32. The van der Waals surface area contributed by atoms with Crippen LogP contribution >= 0.6 is 27.5 Å². The van der Waals surface area contributed by atoms with Crippen LogP contribution in [0.2, 0.25) is 5.02 Å². The number of nitrogens with one attached hydrogen (secondary N) is 1. The van der Waals surface area contributed by atoms with Crippen molar-refractivity contribution in [3.8, 4) is 0 Å². The Bertz CT molecular complexity index is 1090. The van der Waals surface area contributed by atoms with E-state index in [1.165, 1.54) is 0 Å². The molecule has 1 atom stereocenters. The first-order chi connectivity index (χ1) is 16.5. The van der Waals surface area contributed by atoms with Crippen molar-refractivity contribution in [1.29, 1.82) is 0 Å². The number of benzene rings is 3. The van der Waals surface area contributed by atoms with Gasteiger partial charge in [-0.1, -0.05) is 95.1 Å². The molecule has 0 heterocycles. The highest BCUT2D eigenvalue weighted by Crippen LogP contribution is 2.21. The van der Waals surface area contributed by atoms with E-state index in [2.05, 4.69) is 21.2 Å². The van der Waals surface area contributed by atoms with Gasteiger partial charge in [-0.15, -0.1) is 0 Å². The Morgan fingerprint density at radius 1 is 0.971 bits per heavy atom. The number of hydrogen-bond donors (Lipinski definition) is 1. The molecule has 0 spiro atoms. The maximum Gasteiger partial charge on any atom is 0.243 e. The van der Waals surface area contributed by atoms with Gasteiger partial charge >= 0.3 is 0 Å². The number of nitrogens with zero attached hydrogens (tertiary/aromatic N) is 1. The van der Waals surface area contributed by atoms with Crippen LogP contribution in [0.25, 0.3) is 0 Å². The van der Waals surface area contributed by atoms with Crippen molar-refractivity contribution < 1.29 is 9.59 Å². The van der Waals surface area contributed by atoms with Crippen molar-refractivity contribution in [2.75, 3.05) is 6.54 Å². The second kappa shape index (κ2) is 13.3. The topological polar surface area (TPSA) is 49.4 Å². The van der Waals surface area contributed by atoms with Gasteiger partial charge < -0.3 is 10.2 Å². The fraction of sp³-hybridized carbons (Fsp3) is 0.286. The molecule has 0 radical (unpaired) electrons. The summed E-state index contributed by atoms with van der Waals surface area (Å²) in [6.07, 6.45) is 2.06. The van der Waals surface area contributed by atoms with Crippen molar-refractivity contribution in [3.05, 3.63) is 105 Å². The van der Waals surface area contributed by atoms with Gasteiger partial charge in [0.1, 0.15) is 6.04 Å². The number of rotatable bonds is 11. The highest BCUT2D eigenvalue weighted by molar-refractivity contribution is 9.10. The zero-order chi connectivity index (χ0) is 24.3. The third kappa shape index (κ3) is 7.71. The Hall–Kier alpha value is -2.63. The fourth-order valence-corrected chi connectivity index (χ4v) is 4.52. The normalized spacial score (nSPS) is 11.6. The monoisotopic (exact) mass is 540 g/mol. The average Bonchev–Trinajstić information content (AvgIpc) is 2.84. The number of amides is 2. The Morgan fingerprint density at radius 2 is 1.68 bits per heavy atom. The van der Waals surface area contributed by atoms with Crippen LogP contribution in [0.5, 0.6) is 0 Å². The molecule has 4 nitrogen and oxygen atoms in total. The Morgan fingerprint density at radius 3 is 2.38 bits per heavy atom. The van der Waals surface area contributed by atoms with Gasteiger partial charge in [0.25, 0.3) is 0 Å². The van der Waals surface area contributed by atoms with E-state index >= 15 is 0 Å². The van der Waals surface area contributed by atoms with Gasteiger partial charge in [0.15, 0.2) is 0 Å². The van der Waals surface area contributed by atoms with Crippen LogP contribution in [0.1, 0.15) is 36.5 Å². The van der Waals surface area contributed by atoms with Crippen LogP contribution in [-0.4, -0.2) is 29.3 Å². The van der Waals surface area contributed by atoms with Gasteiger partial charge in [-0.25, -0.2) is 0 Å². The van der Waals surface area contributed by atoms with Gasteiger partial charge in [-0.2, -0.15) is 0 Å². The standard InChI is InChI=1S/C28H30BrClN2O2/c1-2-17-31-28(34)26(19-21-9-4-3-5-10-21)32(20-22-11-8-13-24(29)18-22)27(33)16-15-23-12-6-7-14-25(23)30/h3-14,18,26H,2,15-17,19-20H2,1H3,(H,31,34)/t26-/m0/s1. The van der Waals surface area contributed by atoms with Gasteiger partial charge in [0, 0.05) is 35.4 Å². The summed E-state index contributed by atoms with van der Waals surface area (Å²) in [5.74, 6) is -0.209. The van der Waals surface area contributed by atoms with Crippen LogP contribution < -0.4 is 5.32 Å². The first kappa shape index (κ1) is 26.0. The Labute approximate surface area is 215 Å². The van der Waals surface area contributed by atoms with Crippen molar-refractivity contribution in [2.24, 2.45) is 0 Å². The van der Waals surface area contributed by atoms with E-state index in [0.29, 0.717) is 31.0 Å². The van der Waals surface area contributed by atoms with E-state index in [1.807, 2.05) is 85.8 Å². The lowest BCUT2D eigenvalue weighted by Crippen LogP contribution is -2.50. The molecule has 34 heavy (non-hydrogen) atoms. The molecule has 0 aromatic heterocycles. The maximum absolute atomic E-state index is 13.6. The van der Waals surface area contributed by atoms with Crippen molar-refractivity contribution in [3.63, 3.8) is 0 Å². The highest BCUT2D eigenvalue weighted by atomic mass is 79.9. The van der Waals surface area contributed by atoms with Crippen LogP contribution in [0.4, 0.5) is 0 Å². The maximum atomic E-state index is 13.6. The molecule has 178 valence electrons. The van der Waals surface area contributed by atoms with Crippen LogP contribution in [0.3, 0.4) is 0 Å². The summed E-state index contributed by atoms with van der Waals surface area (Å²) >= 11 is 9.83. The molecule has 0 saturated heterocycles. The lowest BCUT2D eigenvalue weighted by atomic mass is 10.0. The van der Waals surface area contributed by atoms with Crippen molar-refractivity contribution in [1.82, 2.24) is 10.2 Å². The number of aryl methyl sites for hydroxylation is 1. The zero-order valence-electron chi connectivity index (χ0n) is 19.3. The Kier molecular flexibility index (Phi) is 10.2. The molecule has 3 aromatic carbocycles. The summed E-state index contributed by atoms with van der Waals surface area (Å²) in [5.41, 5.74) is 2.90. The third-order valence-corrected chi connectivity index (χ3v) is 6.49. The quantitative estimate of drug-likeness (QED) is 0.314. The fourth-order valence-electron chi connectivity index (χ4n) is 3.84. The SMILES string of the molecule is CCCNC(=O)[C@H](Cc1ccccc1)N(Cc1cccc(Br)c1)C(=O)CCc1ccccc1Cl. The van der Waals surface area contributed by atoms with Crippen LogP contribution in [-0.2, 0) is 29.0 Å². The summed E-state index contributed by atoms with van der Waals surface area (Å²) in [5, 5.41) is 3.65. The van der Waals surface area contributed by atoms with E-state index in [9.17, 15) is 9.59 Å². The molecular formula is C28H30BrClN2O2. The van der Waals surface area contributed by atoms with E-state index in [4.69, 9.17) is 11.6 Å². The molecule has 0 unspecified atom stereocenters. The van der Waals surface area contributed by atoms with Gasteiger partial charge in [-0.05, 0) is 47.7 Å². The largest absolute Gasteiger partial charge is 0.354 e. The van der Waals surface area contributed by atoms with E-state index in [-0.39, 0.29) is 18.2 Å². The summed E-state index contributed by atoms with van der Waals surface area (Å²) in [6, 6.07) is 24.6. The van der Waals surface area contributed by atoms with E-state index < -0.39 is 6.04 Å². The van der Waals surface area contributed by atoms with Gasteiger partial charge in [-0.3, -0.25) is 9.59 Å². The van der Waals surface area contributed by atoms with Crippen LogP contribution in [0.15, 0.2) is 83.3 Å². The number of carbonyl (C=O) groups is 2. The third-order valence-electron chi connectivity index (χ3n) is 5.63. The predicted molar refractivity (Wildman–Crippen MR) is 142 cm³/mol. The first-order valence-corrected chi connectivity index (χ1v) is 12.7. The van der Waals surface area contributed by atoms with Crippen molar-refractivity contribution in [2.45, 2.75) is 45.2 Å². The molecule has 0 aliphatic rings. The minimum Gasteiger partial charge on any atom is -0.354 e. The molecule has 0 aliphatic carbocycles.